The summed E-state index contributed by atoms with van der Waals surface area (Å²) in [4.78, 5) is 18.6. The second-order valence-electron chi connectivity index (χ2n) is 4.46. The van der Waals surface area contributed by atoms with E-state index in [1.165, 1.54) is 0 Å². The van der Waals surface area contributed by atoms with Crippen LogP contribution in [0.5, 0.6) is 0 Å². The minimum atomic E-state index is -0.387. The van der Waals surface area contributed by atoms with Crippen molar-refractivity contribution >= 4 is 16.8 Å². The number of nitrogens with zero attached hydrogens (tertiary/aromatic N) is 2. The Morgan fingerprint density at radius 1 is 1.24 bits per heavy atom. The van der Waals surface area contributed by atoms with Crippen LogP contribution >= 0.6 is 0 Å². The highest BCUT2D eigenvalue weighted by Crippen LogP contribution is 2.24. The average molecular weight is 233 g/mol. The zero-order valence-electron chi connectivity index (χ0n) is 9.77. The third-order valence-corrected chi connectivity index (χ3v) is 3.28. The number of piperazine rings is 1. The summed E-state index contributed by atoms with van der Waals surface area (Å²) in [6, 6.07) is 5.76. The van der Waals surface area contributed by atoms with Gasteiger partial charge in [0.15, 0.2) is 5.58 Å². The van der Waals surface area contributed by atoms with E-state index >= 15 is 0 Å². The van der Waals surface area contributed by atoms with Crippen LogP contribution in [-0.2, 0) is 0 Å². The Labute approximate surface area is 98.6 Å². The molecule has 0 atom stereocenters. The molecule has 2 heterocycles. The molecule has 5 heteroatoms. The van der Waals surface area contributed by atoms with Gasteiger partial charge in [-0.05, 0) is 19.2 Å². The monoisotopic (exact) mass is 233 g/mol. The normalized spacial score (nSPS) is 17.8. The van der Waals surface area contributed by atoms with Crippen molar-refractivity contribution in [2.45, 2.75) is 0 Å². The van der Waals surface area contributed by atoms with Gasteiger partial charge in [-0.25, -0.2) is 4.79 Å². The van der Waals surface area contributed by atoms with E-state index in [0.717, 1.165) is 37.4 Å². The van der Waals surface area contributed by atoms with Crippen molar-refractivity contribution in [1.29, 1.82) is 0 Å². The summed E-state index contributed by atoms with van der Waals surface area (Å²) < 4.78 is 5.07. The third kappa shape index (κ3) is 1.82. The number of fused-ring (bicyclic) bond motifs is 1. The maximum Gasteiger partial charge on any atom is 0.417 e. The topological polar surface area (TPSA) is 52.5 Å². The highest BCUT2D eigenvalue weighted by molar-refractivity contribution is 5.87. The summed E-state index contributed by atoms with van der Waals surface area (Å²) in [5.41, 5.74) is 2.50. The summed E-state index contributed by atoms with van der Waals surface area (Å²) >= 11 is 0. The van der Waals surface area contributed by atoms with Gasteiger partial charge in [-0.2, -0.15) is 0 Å². The number of benzene rings is 1. The van der Waals surface area contributed by atoms with Crippen LogP contribution in [-0.4, -0.2) is 43.1 Å². The molecule has 5 nitrogen and oxygen atoms in total. The van der Waals surface area contributed by atoms with Gasteiger partial charge in [0.1, 0.15) is 5.52 Å². The molecule has 0 aliphatic carbocycles. The van der Waals surface area contributed by atoms with E-state index in [-0.39, 0.29) is 5.76 Å². The minimum Gasteiger partial charge on any atom is -0.408 e. The van der Waals surface area contributed by atoms with Gasteiger partial charge < -0.3 is 14.2 Å². The highest BCUT2D eigenvalue weighted by Gasteiger charge is 2.17. The molecule has 0 spiro atoms. The fourth-order valence-corrected chi connectivity index (χ4v) is 2.27. The zero-order valence-corrected chi connectivity index (χ0v) is 9.77. The van der Waals surface area contributed by atoms with Crippen molar-refractivity contribution in [3.8, 4) is 0 Å². The maximum absolute atomic E-state index is 11.2. The summed E-state index contributed by atoms with van der Waals surface area (Å²) in [6.45, 7) is 4.03. The number of aromatic nitrogens is 1. The number of para-hydroxylation sites is 1. The van der Waals surface area contributed by atoms with Crippen LogP contribution in [0.15, 0.2) is 27.4 Å². The van der Waals surface area contributed by atoms with Crippen LogP contribution in [0.1, 0.15) is 0 Å². The molecular formula is C12H15N3O2. The van der Waals surface area contributed by atoms with E-state index in [2.05, 4.69) is 21.8 Å². The molecule has 1 fully saturated rings. The molecule has 1 aromatic carbocycles. The first-order valence-electron chi connectivity index (χ1n) is 5.79. The van der Waals surface area contributed by atoms with Gasteiger partial charge in [0, 0.05) is 26.2 Å². The lowest BCUT2D eigenvalue weighted by atomic mass is 10.2. The molecule has 3 rings (SSSR count). The fourth-order valence-electron chi connectivity index (χ4n) is 2.27. The van der Waals surface area contributed by atoms with Crippen LogP contribution in [0.2, 0.25) is 0 Å². The first kappa shape index (κ1) is 10.4. The quantitative estimate of drug-likeness (QED) is 0.794. The highest BCUT2D eigenvalue weighted by atomic mass is 16.4. The molecule has 1 saturated heterocycles. The largest absolute Gasteiger partial charge is 0.417 e. The lowest BCUT2D eigenvalue weighted by Crippen LogP contribution is -2.44. The van der Waals surface area contributed by atoms with Crippen molar-refractivity contribution < 1.29 is 4.42 Å². The lowest BCUT2D eigenvalue weighted by molar-refractivity contribution is 0.313. The number of rotatable bonds is 1. The van der Waals surface area contributed by atoms with E-state index in [1.54, 1.807) is 0 Å². The predicted molar refractivity (Wildman–Crippen MR) is 66.5 cm³/mol. The number of nitrogens with one attached hydrogen (secondary N) is 1. The van der Waals surface area contributed by atoms with Crippen LogP contribution < -0.4 is 10.7 Å². The SMILES string of the molecule is CN1CCN(c2cccc3oc(=O)[nH]c23)CC1. The molecule has 90 valence electrons. The average Bonchev–Trinajstić information content (AvgIpc) is 2.70. The van der Waals surface area contributed by atoms with Crippen LogP contribution in [0.3, 0.4) is 0 Å². The molecule has 0 amide bonds. The summed E-state index contributed by atoms with van der Waals surface area (Å²) in [7, 11) is 2.12. The lowest BCUT2D eigenvalue weighted by Gasteiger charge is -2.34. The molecule has 1 aromatic heterocycles. The second kappa shape index (κ2) is 3.92. The molecule has 0 saturated carbocycles. The van der Waals surface area contributed by atoms with E-state index in [1.807, 2.05) is 18.2 Å². The number of hydrogen-bond donors (Lipinski definition) is 1. The Hall–Kier alpha value is -1.75. The van der Waals surface area contributed by atoms with Crippen molar-refractivity contribution in [2.75, 3.05) is 38.1 Å². The first-order chi connectivity index (χ1) is 8.24. The van der Waals surface area contributed by atoms with Crippen LogP contribution in [0, 0.1) is 0 Å². The van der Waals surface area contributed by atoms with Crippen molar-refractivity contribution in [3.05, 3.63) is 28.7 Å². The number of H-pyrrole nitrogens is 1. The second-order valence-corrected chi connectivity index (χ2v) is 4.46. The molecule has 1 aliphatic rings. The molecule has 0 unspecified atom stereocenters. The number of hydrogen-bond acceptors (Lipinski definition) is 4. The van der Waals surface area contributed by atoms with Gasteiger partial charge in [-0.15, -0.1) is 0 Å². The van der Waals surface area contributed by atoms with Gasteiger partial charge in [0.05, 0.1) is 5.69 Å². The molecule has 1 aliphatic heterocycles. The van der Waals surface area contributed by atoms with Gasteiger partial charge in [0.2, 0.25) is 0 Å². The zero-order chi connectivity index (χ0) is 11.8. The number of oxazole rings is 1. The molecule has 1 N–H and O–H groups in total. The first-order valence-corrected chi connectivity index (χ1v) is 5.79. The van der Waals surface area contributed by atoms with Gasteiger partial charge in [-0.3, -0.25) is 4.98 Å². The summed E-state index contributed by atoms with van der Waals surface area (Å²) in [5, 5.41) is 0. The van der Waals surface area contributed by atoms with E-state index in [0.29, 0.717) is 5.58 Å². The van der Waals surface area contributed by atoms with E-state index in [9.17, 15) is 4.79 Å². The van der Waals surface area contributed by atoms with Crippen molar-refractivity contribution in [3.63, 3.8) is 0 Å². The predicted octanol–water partition coefficient (Wildman–Crippen LogP) is 0.873. The van der Waals surface area contributed by atoms with Crippen molar-refractivity contribution in [2.24, 2.45) is 0 Å². The molecule has 17 heavy (non-hydrogen) atoms. The molecule has 0 radical (unpaired) electrons. The maximum atomic E-state index is 11.2. The van der Waals surface area contributed by atoms with Crippen molar-refractivity contribution in [1.82, 2.24) is 9.88 Å². The third-order valence-electron chi connectivity index (χ3n) is 3.28. The molecule has 2 aromatic rings. The fraction of sp³-hybridized carbons (Fsp3) is 0.417. The van der Waals surface area contributed by atoms with Gasteiger partial charge in [-0.1, -0.05) is 6.07 Å². The Balaban J connectivity index is 2.02. The van der Waals surface area contributed by atoms with Gasteiger partial charge in [0.25, 0.3) is 0 Å². The number of aromatic amines is 1. The summed E-state index contributed by atoms with van der Waals surface area (Å²) in [5.74, 6) is -0.387. The van der Waals surface area contributed by atoms with Crippen LogP contribution in [0.4, 0.5) is 5.69 Å². The Morgan fingerprint density at radius 3 is 2.76 bits per heavy atom. The summed E-state index contributed by atoms with van der Waals surface area (Å²) in [6.07, 6.45) is 0. The smallest absolute Gasteiger partial charge is 0.408 e. The Morgan fingerprint density at radius 2 is 2.00 bits per heavy atom. The minimum absolute atomic E-state index is 0.387. The Kier molecular flexibility index (Phi) is 2.40. The van der Waals surface area contributed by atoms with Gasteiger partial charge >= 0.3 is 5.76 Å². The van der Waals surface area contributed by atoms with E-state index < -0.39 is 0 Å². The standard InChI is InChI=1S/C12H15N3O2/c1-14-5-7-15(8-6-14)9-3-2-4-10-11(9)13-12(16)17-10/h2-4H,5-8H2,1H3,(H,13,16). The van der Waals surface area contributed by atoms with E-state index in [4.69, 9.17) is 4.42 Å². The number of likely N-dealkylation sites (N-methyl/N-ethyl adjacent to an activating group) is 1. The van der Waals surface area contributed by atoms with Crippen LogP contribution in [0.25, 0.3) is 11.1 Å². The molecule has 0 bridgehead atoms. The Bertz CT molecular complexity index is 579. The molecular weight excluding hydrogens is 218 g/mol. The number of anilines is 1.